The van der Waals surface area contributed by atoms with Gasteiger partial charge in [0.05, 0.1) is 35.8 Å². The Hall–Kier alpha value is -4.69. The molecule has 0 spiro atoms. The third kappa shape index (κ3) is 4.14. The van der Waals surface area contributed by atoms with Crippen molar-refractivity contribution in [3.05, 3.63) is 95.6 Å². The third-order valence-corrected chi connectivity index (χ3v) is 6.81. The fraction of sp³-hybridized carbons (Fsp3) is 0.167. The van der Waals surface area contributed by atoms with Gasteiger partial charge in [-0.15, -0.1) is 0 Å². The maximum atomic E-state index is 13.3. The molecule has 6 rings (SSSR count). The first-order valence-corrected chi connectivity index (χ1v) is 12.4. The van der Waals surface area contributed by atoms with Gasteiger partial charge in [0.15, 0.2) is 0 Å². The van der Waals surface area contributed by atoms with Crippen LogP contribution >= 0.6 is 0 Å². The number of aromatic nitrogens is 2. The van der Waals surface area contributed by atoms with Crippen LogP contribution in [0.15, 0.2) is 78.8 Å². The van der Waals surface area contributed by atoms with Crippen LogP contribution in [0.2, 0.25) is 0 Å². The number of morpholine rings is 1. The number of rotatable bonds is 3. The summed E-state index contributed by atoms with van der Waals surface area (Å²) in [6.07, 6.45) is 5.10. The average Bonchev–Trinajstić information content (AvgIpc) is 3.24. The summed E-state index contributed by atoms with van der Waals surface area (Å²) >= 11 is 0. The predicted molar refractivity (Wildman–Crippen MR) is 144 cm³/mol. The Morgan fingerprint density at radius 1 is 0.974 bits per heavy atom. The van der Waals surface area contributed by atoms with Crippen LogP contribution in [0.3, 0.4) is 0 Å². The number of nitrogens with zero attached hydrogens (tertiary/aromatic N) is 4. The van der Waals surface area contributed by atoms with E-state index in [1.165, 1.54) is 11.8 Å². The summed E-state index contributed by atoms with van der Waals surface area (Å²) < 4.78 is 5.39. The molecule has 2 aromatic heterocycles. The number of para-hydroxylation sites is 1. The Balaban J connectivity index is 1.49. The Kier molecular flexibility index (Phi) is 6.01. The number of hydrogen-bond donors (Lipinski definition) is 0. The second-order valence-electron chi connectivity index (χ2n) is 9.20. The van der Waals surface area contributed by atoms with Gasteiger partial charge in [-0.1, -0.05) is 18.2 Å². The van der Waals surface area contributed by atoms with E-state index in [-0.39, 0.29) is 23.3 Å². The molecule has 0 unspecified atom stereocenters. The monoisotopic (exact) mass is 504 g/mol. The molecule has 2 aliphatic rings. The number of ether oxygens (including phenoxy) is 1. The molecule has 0 N–H and O–H groups in total. The number of carbonyl (C=O) groups excluding carboxylic acids is 3. The van der Waals surface area contributed by atoms with Gasteiger partial charge in [-0.25, -0.2) is 4.98 Å². The Morgan fingerprint density at radius 2 is 1.79 bits per heavy atom. The lowest BCUT2D eigenvalue weighted by Gasteiger charge is -2.27. The van der Waals surface area contributed by atoms with Crippen molar-refractivity contribution >= 4 is 40.3 Å². The first-order valence-electron chi connectivity index (χ1n) is 12.4. The second kappa shape index (κ2) is 9.64. The normalized spacial score (nSPS) is 16.2. The van der Waals surface area contributed by atoms with Crippen LogP contribution in [0.1, 0.15) is 33.3 Å². The van der Waals surface area contributed by atoms with Gasteiger partial charge in [-0.05, 0) is 54.1 Å². The van der Waals surface area contributed by atoms with Crippen LogP contribution in [0, 0.1) is 0 Å². The minimum Gasteiger partial charge on any atom is -0.378 e. The minimum atomic E-state index is -0.255. The fourth-order valence-corrected chi connectivity index (χ4v) is 5.00. The van der Waals surface area contributed by atoms with Gasteiger partial charge >= 0.3 is 0 Å². The summed E-state index contributed by atoms with van der Waals surface area (Å²) in [6, 6.07) is 18.2. The van der Waals surface area contributed by atoms with Crippen LogP contribution in [0.4, 0.5) is 5.69 Å². The lowest BCUT2D eigenvalue weighted by molar-refractivity contribution is -0.116. The molecule has 2 aliphatic heterocycles. The van der Waals surface area contributed by atoms with E-state index in [4.69, 9.17) is 9.72 Å². The Labute approximate surface area is 219 Å². The van der Waals surface area contributed by atoms with Crippen molar-refractivity contribution in [1.82, 2.24) is 14.9 Å². The molecule has 2 amide bonds. The van der Waals surface area contributed by atoms with Gasteiger partial charge in [0.2, 0.25) is 11.7 Å². The first-order chi connectivity index (χ1) is 18.5. The molecule has 8 nitrogen and oxygen atoms in total. The Bertz CT molecular complexity index is 1620. The molecule has 38 heavy (non-hydrogen) atoms. The quantitative estimate of drug-likeness (QED) is 0.385. The number of ketones is 1. The number of anilines is 1. The molecule has 4 heterocycles. The summed E-state index contributed by atoms with van der Waals surface area (Å²) in [5.41, 5.74) is 4.72. The smallest absolute Gasteiger partial charge is 0.254 e. The maximum absolute atomic E-state index is 13.3. The second-order valence-corrected chi connectivity index (χ2v) is 9.20. The molecule has 0 aliphatic carbocycles. The number of benzene rings is 2. The molecular formula is C30H24N4O4. The van der Waals surface area contributed by atoms with E-state index >= 15 is 0 Å². The summed E-state index contributed by atoms with van der Waals surface area (Å²) in [6.45, 7) is 3.60. The summed E-state index contributed by atoms with van der Waals surface area (Å²) in [7, 11) is 0. The number of pyridine rings is 2. The maximum Gasteiger partial charge on any atom is 0.254 e. The first kappa shape index (κ1) is 23.7. The third-order valence-electron chi connectivity index (χ3n) is 6.81. The van der Waals surface area contributed by atoms with Crippen molar-refractivity contribution in [2.75, 3.05) is 31.2 Å². The minimum absolute atomic E-state index is 0.0510. The molecule has 2 aromatic carbocycles. The van der Waals surface area contributed by atoms with Gasteiger partial charge in [-0.3, -0.25) is 24.3 Å². The largest absolute Gasteiger partial charge is 0.378 e. The number of amides is 2. The van der Waals surface area contributed by atoms with Crippen LogP contribution < -0.4 is 4.90 Å². The zero-order valence-electron chi connectivity index (χ0n) is 20.8. The highest BCUT2D eigenvalue weighted by atomic mass is 16.5. The molecule has 0 radical (unpaired) electrons. The zero-order chi connectivity index (χ0) is 26.2. The topological polar surface area (TPSA) is 92.7 Å². The summed E-state index contributed by atoms with van der Waals surface area (Å²) in [5.74, 6) is -0.536. The number of allylic oxidation sites excluding steroid dienone is 1. The molecule has 4 aromatic rings. The number of carbonyl (C=O) groups is 3. The highest BCUT2D eigenvalue weighted by Crippen LogP contribution is 2.36. The lowest BCUT2D eigenvalue weighted by atomic mass is 9.99. The van der Waals surface area contributed by atoms with Crippen molar-refractivity contribution in [1.29, 1.82) is 0 Å². The highest BCUT2D eigenvalue weighted by molar-refractivity contribution is 6.26. The zero-order valence-corrected chi connectivity index (χ0v) is 20.8. The van der Waals surface area contributed by atoms with Crippen LogP contribution in [0.25, 0.3) is 28.1 Å². The van der Waals surface area contributed by atoms with Gasteiger partial charge in [0.1, 0.15) is 0 Å². The van der Waals surface area contributed by atoms with Crippen molar-refractivity contribution in [3.63, 3.8) is 0 Å². The van der Waals surface area contributed by atoms with Crippen molar-refractivity contribution in [2.45, 2.75) is 6.92 Å². The molecule has 0 bridgehead atoms. The SMILES string of the molecule is CC(=O)N1/C(=C\c2cc(-c3cccnc3)c3cc(C(=O)N4CCOCC4)ccc3n2)C(=O)c2ccccc21. The van der Waals surface area contributed by atoms with E-state index in [0.29, 0.717) is 54.3 Å². The predicted octanol–water partition coefficient (Wildman–Crippen LogP) is 4.36. The summed E-state index contributed by atoms with van der Waals surface area (Å²) in [5, 5.41) is 0.795. The molecule has 0 atom stereocenters. The Morgan fingerprint density at radius 3 is 2.55 bits per heavy atom. The van der Waals surface area contributed by atoms with E-state index in [2.05, 4.69) is 4.98 Å². The van der Waals surface area contributed by atoms with E-state index < -0.39 is 0 Å². The number of hydrogen-bond acceptors (Lipinski definition) is 6. The average molecular weight is 505 g/mol. The lowest BCUT2D eigenvalue weighted by Crippen LogP contribution is -2.40. The van der Waals surface area contributed by atoms with E-state index in [1.54, 1.807) is 53.7 Å². The molecule has 1 fully saturated rings. The fourth-order valence-electron chi connectivity index (χ4n) is 5.00. The highest BCUT2D eigenvalue weighted by Gasteiger charge is 2.34. The molecule has 188 valence electrons. The van der Waals surface area contributed by atoms with E-state index in [1.807, 2.05) is 30.3 Å². The van der Waals surface area contributed by atoms with Gasteiger partial charge in [0.25, 0.3) is 5.91 Å². The molecule has 8 heteroatoms. The van der Waals surface area contributed by atoms with Gasteiger partial charge in [-0.2, -0.15) is 0 Å². The molecule has 1 saturated heterocycles. The standard InChI is InChI=1S/C30H24N4O4/c1-19(35)34-27-7-3-2-6-23(27)29(36)28(34)17-22-16-24(21-5-4-10-31-18-21)25-15-20(8-9-26(25)32-22)30(37)33-11-13-38-14-12-33/h2-10,15-18H,11-14H2,1H3/b28-17-. The van der Waals surface area contributed by atoms with Crippen molar-refractivity contribution in [3.8, 4) is 11.1 Å². The molecule has 0 saturated carbocycles. The van der Waals surface area contributed by atoms with Crippen molar-refractivity contribution < 1.29 is 19.1 Å². The van der Waals surface area contributed by atoms with E-state index in [0.717, 1.165) is 16.5 Å². The summed E-state index contributed by atoms with van der Waals surface area (Å²) in [4.78, 5) is 51.3. The van der Waals surface area contributed by atoms with Gasteiger partial charge in [0, 0.05) is 54.5 Å². The van der Waals surface area contributed by atoms with Crippen LogP contribution in [-0.2, 0) is 9.53 Å². The van der Waals surface area contributed by atoms with Crippen LogP contribution in [-0.4, -0.2) is 58.8 Å². The number of Topliss-reactive ketones (excluding diaryl/α,β-unsaturated/α-hetero) is 1. The van der Waals surface area contributed by atoms with Crippen LogP contribution in [0.5, 0.6) is 0 Å². The number of fused-ring (bicyclic) bond motifs is 2. The molecular weight excluding hydrogens is 480 g/mol. The van der Waals surface area contributed by atoms with Crippen molar-refractivity contribution in [2.24, 2.45) is 0 Å². The van der Waals surface area contributed by atoms with Gasteiger partial charge < -0.3 is 9.64 Å². The van der Waals surface area contributed by atoms with E-state index in [9.17, 15) is 14.4 Å².